The maximum Gasteiger partial charge on any atom is 0.400 e. The van der Waals surface area contributed by atoms with Crippen LogP contribution in [-0.2, 0) is 16.2 Å². The van der Waals surface area contributed by atoms with Gasteiger partial charge < -0.3 is 30.2 Å². The van der Waals surface area contributed by atoms with Gasteiger partial charge in [0.1, 0.15) is 23.9 Å². The van der Waals surface area contributed by atoms with Crippen molar-refractivity contribution in [1.29, 1.82) is 0 Å². The summed E-state index contributed by atoms with van der Waals surface area (Å²) in [6.07, 6.45) is 0. The molecule has 4 N–H and O–H groups in total. The van der Waals surface area contributed by atoms with Crippen LogP contribution in [0.3, 0.4) is 0 Å². The second kappa shape index (κ2) is 10.2. The molecule has 0 aliphatic rings. The van der Waals surface area contributed by atoms with Gasteiger partial charge in [0.2, 0.25) is 5.76 Å². The molecule has 1 aromatic heterocycles. The number of hydrogen-bond donors (Lipinski definition) is 2. The third-order valence-electron chi connectivity index (χ3n) is 4.74. The van der Waals surface area contributed by atoms with Crippen molar-refractivity contribution in [2.75, 3.05) is 6.61 Å². The average molecular weight is 459 g/mol. The van der Waals surface area contributed by atoms with Crippen molar-refractivity contribution in [1.82, 2.24) is 0 Å². The van der Waals surface area contributed by atoms with Gasteiger partial charge in [0.25, 0.3) is 5.91 Å². The minimum atomic E-state index is -0.805. The summed E-state index contributed by atoms with van der Waals surface area (Å²) in [5.74, 6) is 0.134. The van der Waals surface area contributed by atoms with Gasteiger partial charge in [-0.25, -0.2) is 4.79 Å². The average Bonchev–Trinajstić information content (AvgIpc) is 3.34. The number of ether oxygens (including phenoxy) is 2. The monoisotopic (exact) mass is 459 g/mol. The molecule has 0 saturated carbocycles. The largest absolute Gasteiger partial charge is 0.485 e. The molecule has 3 aromatic carbocycles. The first-order chi connectivity index (χ1) is 16.5. The van der Waals surface area contributed by atoms with Gasteiger partial charge in [-0.3, -0.25) is 4.79 Å². The number of amidine groups is 1. The number of oxime groups is 1. The maximum atomic E-state index is 12.3. The molecule has 1 amide bonds. The van der Waals surface area contributed by atoms with E-state index in [4.69, 9.17) is 30.2 Å². The van der Waals surface area contributed by atoms with Crippen LogP contribution in [0.2, 0.25) is 0 Å². The van der Waals surface area contributed by atoms with Gasteiger partial charge in [-0.2, -0.15) is 0 Å². The molecule has 0 atom stereocenters. The zero-order valence-corrected chi connectivity index (χ0v) is 18.0. The lowest BCUT2D eigenvalue weighted by Crippen LogP contribution is -2.20. The Kier molecular flexibility index (Phi) is 6.73. The third kappa shape index (κ3) is 5.52. The second-order valence-corrected chi connectivity index (χ2v) is 7.17. The summed E-state index contributed by atoms with van der Waals surface area (Å²) in [7, 11) is 0. The highest BCUT2D eigenvalue weighted by atomic mass is 16.7. The fraction of sp³-hybridized carbons (Fsp3) is 0.0800. The number of carbonyl (C=O) groups is 2. The molecule has 0 aliphatic heterocycles. The van der Waals surface area contributed by atoms with Gasteiger partial charge in [-0.15, -0.1) is 0 Å². The number of nitrogens with two attached hydrogens (primary N) is 2. The third-order valence-corrected chi connectivity index (χ3v) is 4.74. The zero-order chi connectivity index (χ0) is 23.9. The predicted octanol–water partition coefficient (Wildman–Crippen LogP) is 3.35. The highest BCUT2D eigenvalue weighted by Gasteiger charge is 2.14. The maximum absolute atomic E-state index is 12.3. The Balaban J connectivity index is 1.34. The molecular weight excluding hydrogens is 438 g/mol. The van der Waals surface area contributed by atoms with Crippen LogP contribution in [0.5, 0.6) is 11.5 Å². The van der Waals surface area contributed by atoms with E-state index in [1.807, 2.05) is 42.5 Å². The van der Waals surface area contributed by atoms with Crippen LogP contribution < -0.4 is 20.9 Å². The molecule has 0 aliphatic carbocycles. The molecule has 4 aromatic rings. The van der Waals surface area contributed by atoms with E-state index >= 15 is 0 Å². The number of amides is 1. The van der Waals surface area contributed by atoms with Gasteiger partial charge in [0.05, 0.1) is 0 Å². The van der Waals surface area contributed by atoms with E-state index in [0.717, 1.165) is 10.8 Å². The van der Waals surface area contributed by atoms with Crippen LogP contribution in [0, 0.1) is 0 Å². The number of benzene rings is 3. The Hall–Kier alpha value is -4.79. The zero-order valence-electron chi connectivity index (χ0n) is 18.0. The van der Waals surface area contributed by atoms with Crippen molar-refractivity contribution in [3.05, 3.63) is 95.9 Å². The predicted molar refractivity (Wildman–Crippen MR) is 124 cm³/mol. The first-order valence-corrected chi connectivity index (χ1v) is 10.3. The quantitative estimate of drug-likeness (QED) is 0.169. The molecule has 34 heavy (non-hydrogen) atoms. The molecule has 0 unspecified atom stereocenters. The number of carbonyl (C=O) groups excluding carboxylic acids is 2. The smallest absolute Gasteiger partial charge is 0.400 e. The standard InChI is InChI=1S/C25H21N3O6/c26-23(29)15-31-18-10-8-17(9-11-18)24(27)28-34-25(30)22-13-12-19(33-22)14-32-21-7-3-5-16-4-1-2-6-20(16)21/h1-13H,14-15H2,(H2,26,29)(H2,27,28). The first-order valence-electron chi connectivity index (χ1n) is 10.3. The highest BCUT2D eigenvalue weighted by Crippen LogP contribution is 2.26. The number of furan rings is 1. The first kappa shape index (κ1) is 22.4. The van der Waals surface area contributed by atoms with Crippen molar-refractivity contribution in [3.8, 4) is 11.5 Å². The number of fused-ring (bicyclic) bond motifs is 1. The molecular formula is C25H21N3O6. The van der Waals surface area contributed by atoms with Crippen LogP contribution in [-0.4, -0.2) is 24.3 Å². The Morgan fingerprint density at radius 2 is 1.62 bits per heavy atom. The molecule has 1 heterocycles. The van der Waals surface area contributed by atoms with Gasteiger partial charge in [0.15, 0.2) is 12.4 Å². The highest BCUT2D eigenvalue weighted by molar-refractivity contribution is 5.98. The van der Waals surface area contributed by atoms with E-state index in [0.29, 0.717) is 22.8 Å². The number of rotatable bonds is 9. The molecule has 0 fully saturated rings. The summed E-state index contributed by atoms with van der Waals surface area (Å²) in [6.45, 7) is -0.102. The lowest BCUT2D eigenvalue weighted by atomic mass is 10.1. The van der Waals surface area contributed by atoms with E-state index in [9.17, 15) is 9.59 Å². The molecule has 172 valence electrons. The Bertz CT molecular complexity index is 1340. The van der Waals surface area contributed by atoms with Crippen LogP contribution in [0.1, 0.15) is 21.9 Å². The topological polar surface area (TPSA) is 139 Å². The normalized spacial score (nSPS) is 11.2. The van der Waals surface area contributed by atoms with Crippen LogP contribution in [0.4, 0.5) is 0 Å². The Labute approximate surface area is 194 Å². The Morgan fingerprint density at radius 1 is 0.853 bits per heavy atom. The van der Waals surface area contributed by atoms with E-state index in [1.54, 1.807) is 30.3 Å². The summed E-state index contributed by atoms with van der Waals surface area (Å²) in [4.78, 5) is 27.9. The van der Waals surface area contributed by atoms with Gasteiger partial charge in [0, 0.05) is 10.9 Å². The van der Waals surface area contributed by atoms with Crippen LogP contribution >= 0.6 is 0 Å². The number of primary amides is 1. The summed E-state index contributed by atoms with van der Waals surface area (Å²) in [5.41, 5.74) is 11.4. The summed E-state index contributed by atoms with van der Waals surface area (Å²) in [6, 6.07) is 23.1. The molecule has 4 rings (SSSR count). The van der Waals surface area contributed by atoms with E-state index in [2.05, 4.69) is 5.16 Å². The Morgan fingerprint density at radius 3 is 2.41 bits per heavy atom. The molecule has 0 radical (unpaired) electrons. The van der Waals surface area contributed by atoms with Crippen LogP contribution in [0.15, 0.2) is 88.4 Å². The van der Waals surface area contributed by atoms with Gasteiger partial charge in [-0.1, -0.05) is 41.6 Å². The van der Waals surface area contributed by atoms with Gasteiger partial charge in [-0.05, 0) is 47.9 Å². The van der Waals surface area contributed by atoms with Crippen molar-refractivity contribution in [2.24, 2.45) is 16.6 Å². The minimum absolute atomic E-state index is 0.0270. The van der Waals surface area contributed by atoms with Crippen molar-refractivity contribution in [2.45, 2.75) is 6.61 Å². The fourth-order valence-electron chi connectivity index (χ4n) is 3.10. The summed E-state index contributed by atoms with van der Waals surface area (Å²) in [5, 5.41) is 5.69. The van der Waals surface area contributed by atoms with E-state index in [1.165, 1.54) is 6.07 Å². The molecule has 0 saturated heterocycles. The molecule has 0 spiro atoms. The van der Waals surface area contributed by atoms with Gasteiger partial charge >= 0.3 is 5.97 Å². The molecule has 9 nitrogen and oxygen atoms in total. The lowest BCUT2D eigenvalue weighted by Gasteiger charge is -2.07. The number of hydrogen-bond acceptors (Lipinski definition) is 7. The van der Waals surface area contributed by atoms with Crippen molar-refractivity contribution >= 4 is 28.5 Å². The summed E-state index contributed by atoms with van der Waals surface area (Å²) < 4.78 is 16.5. The van der Waals surface area contributed by atoms with Crippen molar-refractivity contribution in [3.63, 3.8) is 0 Å². The summed E-state index contributed by atoms with van der Waals surface area (Å²) >= 11 is 0. The fourth-order valence-corrected chi connectivity index (χ4v) is 3.10. The lowest BCUT2D eigenvalue weighted by molar-refractivity contribution is -0.119. The van der Waals surface area contributed by atoms with E-state index in [-0.39, 0.29) is 24.8 Å². The molecule has 9 heteroatoms. The second-order valence-electron chi connectivity index (χ2n) is 7.17. The number of nitrogens with zero attached hydrogens (tertiary/aromatic N) is 1. The van der Waals surface area contributed by atoms with Crippen LogP contribution in [0.25, 0.3) is 10.8 Å². The molecule has 0 bridgehead atoms. The van der Waals surface area contributed by atoms with Crippen molar-refractivity contribution < 1.29 is 28.3 Å². The minimum Gasteiger partial charge on any atom is -0.485 e. The van der Waals surface area contributed by atoms with E-state index < -0.39 is 11.9 Å². The SMILES string of the molecule is NC(=O)COc1ccc(/C(N)=N/OC(=O)c2ccc(COc3cccc4ccccc34)o2)cc1.